The van der Waals surface area contributed by atoms with Crippen molar-refractivity contribution in [3.8, 4) is 0 Å². The fourth-order valence-corrected chi connectivity index (χ4v) is 5.41. The van der Waals surface area contributed by atoms with E-state index in [2.05, 4.69) is 124 Å². The van der Waals surface area contributed by atoms with Gasteiger partial charge in [-0.1, -0.05) is 78.4 Å². The van der Waals surface area contributed by atoms with Crippen LogP contribution in [0.3, 0.4) is 0 Å². The average Bonchev–Trinajstić information content (AvgIpc) is 3.41. The second-order valence-electron chi connectivity index (χ2n) is 9.66. The highest BCUT2D eigenvalue weighted by Gasteiger charge is 2.15. The molecule has 0 aliphatic heterocycles. The number of rotatable bonds is 8. The summed E-state index contributed by atoms with van der Waals surface area (Å²) in [6.07, 6.45) is 5.88. The van der Waals surface area contributed by atoms with Crippen molar-refractivity contribution in [1.82, 2.24) is 9.13 Å². The van der Waals surface area contributed by atoms with Gasteiger partial charge >= 0.3 is 0 Å². The van der Waals surface area contributed by atoms with E-state index < -0.39 is 0 Å². The number of para-hydroxylation sites is 4. The van der Waals surface area contributed by atoms with Crippen molar-refractivity contribution in [2.24, 2.45) is 0 Å². The van der Waals surface area contributed by atoms with Gasteiger partial charge in [-0.2, -0.15) is 0 Å². The third-order valence-electron chi connectivity index (χ3n) is 7.21. The molecule has 0 fully saturated rings. The van der Waals surface area contributed by atoms with Crippen molar-refractivity contribution >= 4 is 32.8 Å². The minimum Gasteiger partial charge on any atom is -0.340 e. The summed E-state index contributed by atoms with van der Waals surface area (Å²) in [5, 5.41) is 2.72. The van der Waals surface area contributed by atoms with Crippen LogP contribution in [-0.2, 0) is 19.6 Å². The summed E-state index contributed by atoms with van der Waals surface area (Å²) in [5.74, 6) is 0. The first-order valence-electron chi connectivity index (χ1n) is 12.8. The van der Waals surface area contributed by atoms with Crippen molar-refractivity contribution in [1.29, 1.82) is 0 Å². The summed E-state index contributed by atoms with van der Waals surface area (Å²) in [7, 11) is 0. The summed E-state index contributed by atoms with van der Waals surface area (Å²) in [6, 6.07) is 35.3. The number of aromatic nitrogens is 3. The lowest BCUT2D eigenvalue weighted by atomic mass is 10.1. The molecule has 0 atom stereocenters. The van der Waals surface area contributed by atoms with Crippen molar-refractivity contribution in [3.05, 3.63) is 115 Å². The van der Waals surface area contributed by atoms with Gasteiger partial charge in [0.05, 0.1) is 6.54 Å². The van der Waals surface area contributed by atoms with Crippen LogP contribution in [0.25, 0.3) is 32.8 Å². The Morgan fingerprint density at radius 2 is 1.20 bits per heavy atom. The minimum atomic E-state index is 0.904. The van der Waals surface area contributed by atoms with E-state index in [9.17, 15) is 0 Å². The predicted molar refractivity (Wildman–Crippen MR) is 146 cm³/mol. The highest BCUT2D eigenvalue weighted by atomic mass is 15.1. The molecule has 2 heterocycles. The Morgan fingerprint density at radius 1 is 0.600 bits per heavy atom. The van der Waals surface area contributed by atoms with Gasteiger partial charge in [0.15, 0.2) is 11.0 Å². The van der Waals surface area contributed by atoms with Gasteiger partial charge in [0.1, 0.15) is 6.54 Å². The van der Waals surface area contributed by atoms with E-state index in [0.717, 1.165) is 19.6 Å². The van der Waals surface area contributed by atoms with Crippen molar-refractivity contribution in [2.45, 2.75) is 45.8 Å². The van der Waals surface area contributed by atoms with Crippen LogP contribution >= 0.6 is 0 Å². The molecule has 0 bridgehead atoms. The van der Waals surface area contributed by atoms with Gasteiger partial charge in [0.2, 0.25) is 6.33 Å². The first kappa shape index (κ1) is 21.7. The van der Waals surface area contributed by atoms with Gasteiger partial charge in [-0.3, -0.25) is 0 Å². The molecule has 2 aromatic heterocycles. The number of unbranched alkanes of at least 4 members (excludes halogenated alkanes) is 2. The first-order chi connectivity index (χ1) is 17.3. The number of fused-ring (bicyclic) bond motifs is 4. The summed E-state index contributed by atoms with van der Waals surface area (Å²) < 4.78 is 7.33. The van der Waals surface area contributed by atoms with Gasteiger partial charge in [0.25, 0.3) is 0 Å². The second-order valence-corrected chi connectivity index (χ2v) is 9.66. The molecule has 0 radical (unpaired) electrons. The Kier molecular flexibility index (Phi) is 5.83. The maximum absolute atomic E-state index is 2.51. The molecule has 0 aliphatic carbocycles. The molecule has 6 rings (SSSR count). The number of imidazole rings is 1. The molecular formula is C32H32N3+. The molecule has 6 aromatic rings. The van der Waals surface area contributed by atoms with Crippen LogP contribution in [-0.4, -0.2) is 9.13 Å². The van der Waals surface area contributed by atoms with E-state index in [1.165, 1.54) is 63.2 Å². The lowest BCUT2D eigenvalue weighted by Gasteiger charge is -2.07. The number of nitrogens with zero attached hydrogens (tertiary/aromatic N) is 3. The molecule has 0 saturated heterocycles. The van der Waals surface area contributed by atoms with Gasteiger partial charge < -0.3 is 4.57 Å². The summed E-state index contributed by atoms with van der Waals surface area (Å²) in [5.41, 5.74) is 7.97. The third kappa shape index (κ3) is 4.23. The topological polar surface area (TPSA) is 13.7 Å². The van der Waals surface area contributed by atoms with E-state index in [1.54, 1.807) is 0 Å². The molecule has 3 heteroatoms. The number of aryl methyl sites for hydroxylation is 3. The van der Waals surface area contributed by atoms with Crippen molar-refractivity contribution < 1.29 is 4.57 Å². The van der Waals surface area contributed by atoms with Crippen LogP contribution in [0.5, 0.6) is 0 Å². The smallest absolute Gasteiger partial charge is 0.245 e. The Morgan fingerprint density at radius 3 is 1.91 bits per heavy atom. The largest absolute Gasteiger partial charge is 0.340 e. The standard InChI is InChI=1S/C32H32N3/c1-25-17-19-26(20-18-25)23-34-24-33(31-15-7-8-16-32(31)34)21-9-2-10-22-35-29-13-5-3-11-27(29)28-12-4-6-14-30(28)35/h3-8,11-20,24H,2,9-10,21-23H2,1H3/q+1. The molecule has 0 unspecified atom stereocenters. The van der Waals surface area contributed by atoms with E-state index in [-0.39, 0.29) is 0 Å². The zero-order valence-corrected chi connectivity index (χ0v) is 20.4. The van der Waals surface area contributed by atoms with Crippen LogP contribution in [0.1, 0.15) is 30.4 Å². The molecule has 4 aromatic carbocycles. The van der Waals surface area contributed by atoms with E-state index in [0.29, 0.717) is 0 Å². The monoisotopic (exact) mass is 458 g/mol. The van der Waals surface area contributed by atoms with E-state index in [4.69, 9.17) is 0 Å². The van der Waals surface area contributed by atoms with Crippen LogP contribution in [0.2, 0.25) is 0 Å². The van der Waals surface area contributed by atoms with Crippen LogP contribution < -0.4 is 4.57 Å². The third-order valence-corrected chi connectivity index (χ3v) is 7.21. The molecule has 174 valence electrons. The number of benzene rings is 4. The van der Waals surface area contributed by atoms with E-state index >= 15 is 0 Å². The molecule has 0 saturated carbocycles. The molecule has 0 N–H and O–H groups in total. The minimum absolute atomic E-state index is 0.904. The van der Waals surface area contributed by atoms with Gasteiger partial charge in [-0.25, -0.2) is 9.13 Å². The van der Waals surface area contributed by atoms with Crippen molar-refractivity contribution in [3.63, 3.8) is 0 Å². The molecule has 3 nitrogen and oxygen atoms in total. The predicted octanol–water partition coefficient (Wildman–Crippen LogP) is 7.26. The summed E-state index contributed by atoms with van der Waals surface area (Å²) in [6.45, 7) is 5.16. The Balaban J connectivity index is 1.14. The molecule has 0 aliphatic rings. The molecule has 0 amide bonds. The van der Waals surface area contributed by atoms with Gasteiger partial charge in [-0.15, -0.1) is 0 Å². The zero-order chi connectivity index (χ0) is 23.6. The Hall–Kier alpha value is -3.85. The number of hydrogen-bond acceptors (Lipinski definition) is 0. The molecule has 35 heavy (non-hydrogen) atoms. The quantitative estimate of drug-likeness (QED) is 0.168. The Labute approximate surface area is 206 Å². The van der Waals surface area contributed by atoms with Crippen LogP contribution in [0.15, 0.2) is 103 Å². The zero-order valence-electron chi connectivity index (χ0n) is 20.4. The maximum atomic E-state index is 2.51. The molecular weight excluding hydrogens is 426 g/mol. The van der Waals surface area contributed by atoms with Gasteiger partial charge in [-0.05, 0) is 56.0 Å². The summed E-state index contributed by atoms with van der Waals surface area (Å²) >= 11 is 0. The maximum Gasteiger partial charge on any atom is 0.245 e. The second kappa shape index (κ2) is 9.42. The number of hydrogen-bond donors (Lipinski definition) is 0. The van der Waals surface area contributed by atoms with Crippen molar-refractivity contribution in [2.75, 3.05) is 0 Å². The van der Waals surface area contributed by atoms with Crippen LogP contribution in [0.4, 0.5) is 0 Å². The fourth-order valence-electron chi connectivity index (χ4n) is 5.41. The Bertz CT molecular complexity index is 1550. The highest BCUT2D eigenvalue weighted by molar-refractivity contribution is 6.07. The average molecular weight is 459 g/mol. The SMILES string of the molecule is Cc1ccc(C[n+]2cn(CCCCCn3c4ccccc4c4ccccc43)c3ccccc32)cc1. The lowest BCUT2D eigenvalue weighted by Crippen LogP contribution is -2.32. The lowest BCUT2D eigenvalue weighted by molar-refractivity contribution is -0.663. The van der Waals surface area contributed by atoms with E-state index in [1.807, 2.05) is 0 Å². The van der Waals surface area contributed by atoms with Crippen LogP contribution in [0, 0.1) is 6.92 Å². The molecule has 0 spiro atoms. The first-order valence-corrected chi connectivity index (χ1v) is 12.8. The normalized spacial score (nSPS) is 11.7. The highest BCUT2D eigenvalue weighted by Crippen LogP contribution is 2.29. The summed E-state index contributed by atoms with van der Waals surface area (Å²) in [4.78, 5) is 0. The fraction of sp³-hybridized carbons (Fsp3) is 0.219. The van der Waals surface area contributed by atoms with Gasteiger partial charge in [0, 0.05) is 28.4 Å².